The largest absolute Gasteiger partial charge is 0.479 e. The number of carbonyl (C=O) groups is 1. The lowest BCUT2D eigenvalue weighted by atomic mass is 9.86. The molecule has 1 atom stereocenters. The lowest BCUT2D eigenvalue weighted by molar-refractivity contribution is -0.125. The van der Waals surface area contributed by atoms with Crippen LogP contribution in [0, 0.1) is 0 Å². The van der Waals surface area contributed by atoms with Gasteiger partial charge in [-0.1, -0.05) is 26.8 Å². The van der Waals surface area contributed by atoms with E-state index in [9.17, 15) is 4.79 Å². The van der Waals surface area contributed by atoms with E-state index in [2.05, 4.69) is 26.8 Å². The average Bonchev–Trinajstić information content (AvgIpc) is 2.32. The monoisotopic (exact) mass is 290 g/mol. The number of benzene rings is 1. The molecule has 2 N–H and O–H groups in total. The van der Waals surface area contributed by atoms with Crippen LogP contribution in [-0.2, 0) is 10.2 Å². The minimum atomic E-state index is -0.472. The molecule has 0 saturated heterocycles. The van der Waals surface area contributed by atoms with Crippen LogP contribution in [0.5, 0.6) is 5.75 Å². The molecule has 0 fully saturated rings. The van der Waals surface area contributed by atoms with E-state index >= 15 is 0 Å². The first-order valence-corrected chi connectivity index (χ1v) is 7.40. The molecular formula is C17H26N2O2. The lowest BCUT2D eigenvalue weighted by Crippen LogP contribution is -2.53. The third kappa shape index (κ3) is 3.38. The van der Waals surface area contributed by atoms with Crippen LogP contribution in [0.25, 0.3) is 0 Å². The Kier molecular flexibility index (Phi) is 3.79. The first-order chi connectivity index (χ1) is 9.49. The van der Waals surface area contributed by atoms with Crippen molar-refractivity contribution in [3.63, 3.8) is 0 Å². The van der Waals surface area contributed by atoms with Gasteiger partial charge >= 0.3 is 0 Å². The first-order valence-electron chi connectivity index (χ1n) is 7.40. The van der Waals surface area contributed by atoms with Crippen LogP contribution in [0.15, 0.2) is 18.2 Å². The SMILES string of the molecule is CC1Oc2ccc(C(C)(C)C)cc2N(CC(C)(C)N)C1=O. The zero-order valence-corrected chi connectivity index (χ0v) is 13.9. The van der Waals surface area contributed by atoms with Crippen molar-refractivity contribution in [2.24, 2.45) is 5.73 Å². The Balaban J connectivity index is 2.50. The summed E-state index contributed by atoms with van der Waals surface area (Å²) in [6, 6.07) is 6.06. The number of fused-ring (bicyclic) bond motifs is 1. The van der Waals surface area contributed by atoms with Gasteiger partial charge in [0, 0.05) is 12.1 Å². The highest BCUT2D eigenvalue weighted by molar-refractivity contribution is 6.00. The Morgan fingerprint density at radius 2 is 1.86 bits per heavy atom. The predicted octanol–water partition coefficient (Wildman–Crippen LogP) is 2.84. The van der Waals surface area contributed by atoms with E-state index in [4.69, 9.17) is 10.5 Å². The van der Waals surface area contributed by atoms with Crippen molar-refractivity contribution >= 4 is 11.6 Å². The Bertz CT molecular complexity index is 553. The van der Waals surface area contributed by atoms with Gasteiger partial charge in [0.15, 0.2) is 6.10 Å². The van der Waals surface area contributed by atoms with Crippen LogP contribution in [0.2, 0.25) is 0 Å². The molecule has 0 aliphatic carbocycles. The number of nitrogens with zero attached hydrogens (tertiary/aromatic N) is 1. The maximum Gasteiger partial charge on any atom is 0.267 e. The van der Waals surface area contributed by atoms with Gasteiger partial charge in [-0.3, -0.25) is 4.79 Å². The molecule has 4 nitrogen and oxygen atoms in total. The van der Waals surface area contributed by atoms with E-state index in [0.717, 1.165) is 11.4 Å². The van der Waals surface area contributed by atoms with E-state index in [1.165, 1.54) is 5.56 Å². The molecule has 116 valence electrons. The molecule has 0 saturated carbocycles. The minimum absolute atomic E-state index is 0.0189. The smallest absolute Gasteiger partial charge is 0.267 e. The molecular weight excluding hydrogens is 264 g/mol. The molecule has 1 aliphatic rings. The van der Waals surface area contributed by atoms with Crippen molar-refractivity contribution in [2.45, 2.75) is 58.6 Å². The second-order valence-corrected chi connectivity index (χ2v) is 7.61. The Morgan fingerprint density at radius 3 is 2.38 bits per heavy atom. The molecule has 1 aromatic carbocycles. The molecule has 1 amide bonds. The van der Waals surface area contributed by atoms with Crippen molar-refractivity contribution in [3.05, 3.63) is 23.8 Å². The average molecular weight is 290 g/mol. The van der Waals surface area contributed by atoms with E-state index in [-0.39, 0.29) is 11.3 Å². The van der Waals surface area contributed by atoms with Crippen LogP contribution in [0.1, 0.15) is 47.1 Å². The third-order valence-corrected chi connectivity index (χ3v) is 3.60. The van der Waals surface area contributed by atoms with Crippen LogP contribution in [-0.4, -0.2) is 24.1 Å². The zero-order valence-electron chi connectivity index (χ0n) is 13.9. The summed E-state index contributed by atoms with van der Waals surface area (Å²) in [6.07, 6.45) is -0.472. The highest BCUT2D eigenvalue weighted by Crippen LogP contribution is 2.38. The molecule has 1 unspecified atom stereocenters. The van der Waals surface area contributed by atoms with Gasteiger partial charge in [-0.25, -0.2) is 0 Å². The molecule has 1 aliphatic heterocycles. The maximum atomic E-state index is 12.5. The fraction of sp³-hybridized carbons (Fsp3) is 0.588. The van der Waals surface area contributed by atoms with Gasteiger partial charge < -0.3 is 15.4 Å². The topological polar surface area (TPSA) is 55.6 Å². The summed E-state index contributed by atoms with van der Waals surface area (Å²) in [7, 11) is 0. The number of hydrogen-bond acceptors (Lipinski definition) is 3. The molecule has 1 heterocycles. The van der Waals surface area contributed by atoms with Crippen molar-refractivity contribution < 1.29 is 9.53 Å². The summed E-state index contributed by atoms with van der Waals surface area (Å²) in [5, 5.41) is 0. The van der Waals surface area contributed by atoms with Gasteiger partial charge in [-0.15, -0.1) is 0 Å². The second kappa shape index (κ2) is 5.02. The fourth-order valence-electron chi connectivity index (χ4n) is 2.44. The molecule has 0 bridgehead atoms. The van der Waals surface area contributed by atoms with E-state index in [1.54, 1.807) is 11.8 Å². The number of nitrogens with two attached hydrogens (primary N) is 1. The quantitative estimate of drug-likeness (QED) is 0.911. The van der Waals surface area contributed by atoms with Gasteiger partial charge in [0.05, 0.1) is 5.69 Å². The van der Waals surface area contributed by atoms with Crippen molar-refractivity contribution in [1.82, 2.24) is 0 Å². The van der Waals surface area contributed by atoms with E-state index in [1.807, 2.05) is 26.0 Å². The van der Waals surface area contributed by atoms with Crippen molar-refractivity contribution in [2.75, 3.05) is 11.4 Å². The zero-order chi connectivity index (χ0) is 16.0. The standard InChI is InChI=1S/C17H26N2O2/c1-11-15(20)19(10-17(5,6)18)13-9-12(16(2,3)4)7-8-14(13)21-11/h7-9,11H,10,18H2,1-6H3. The summed E-state index contributed by atoms with van der Waals surface area (Å²) in [6.45, 7) is 12.6. The van der Waals surface area contributed by atoms with Crippen LogP contribution in [0.3, 0.4) is 0 Å². The molecule has 0 aromatic heterocycles. The molecule has 0 spiro atoms. The minimum Gasteiger partial charge on any atom is -0.479 e. The Morgan fingerprint density at radius 1 is 1.24 bits per heavy atom. The number of ether oxygens (including phenoxy) is 1. The lowest BCUT2D eigenvalue weighted by Gasteiger charge is -2.37. The van der Waals surface area contributed by atoms with Gasteiger partial charge in [0.2, 0.25) is 0 Å². The summed E-state index contributed by atoms with van der Waals surface area (Å²) in [5.74, 6) is 0.714. The van der Waals surface area contributed by atoms with Crippen molar-refractivity contribution in [3.8, 4) is 5.75 Å². The summed E-state index contributed by atoms with van der Waals surface area (Å²) in [4.78, 5) is 14.2. The second-order valence-electron chi connectivity index (χ2n) is 7.61. The van der Waals surface area contributed by atoms with Crippen LogP contribution < -0.4 is 15.4 Å². The van der Waals surface area contributed by atoms with Gasteiger partial charge in [-0.05, 0) is 43.9 Å². The number of anilines is 1. The molecule has 0 radical (unpaired) electrons. The van der Waals surface area contributed by atoms with Crippen LogP contribution >= 0.6 is 0 Å². The fourth-order valence-corrected chi connectivity index (χ4v) is 2.44. The molecule has 1 aromatic rings. The Hall–Kier alpha value is -1.55. The van der Waals surface area contributed by atoms with E-state index < -0.39 is 11.6 Å². The predicted molar refractivity (Wildman–Crippen MR) is 85.9 cm³/mol. The third-order valence-electron chi connectivity index (χ3n) is 3.60. The van der Waals surface area contributed by atoms with Crippen LogP contribution in [0.4, 0.5) is 5.69 Å². The van der Waals surface area contributed by atoms with Gasteiger partial charge in [-0.2, -0.15) is 0 Å². The number of hydrogen-bond donors (Lipinski definition) is 1. The number of rotatable bonds is 2. The number of carbonyl (C=O) groups excluding carboxylic acids is 1. The van der Waals surface area contributed by atoms with E-state index in [0.29, 0.717) is 6.54 Å². The summed E-state index contributed by atoms with van der Waals surface area (Å²) in [5.41, 5.74) is 7.68. The van der Waals surface area contributed by atoms with Gasteiger partial charge in [0.1, 0.15) is 5.75 Å². The summed E-state index contributed by atoms with van der Waals surface area (Å²) < 4.78 is 5.72. The number of amides is 1. The summed E-state index contributed by atoms with van der Waals surface area (Å²) >= 11 is 0. The van der Waals surface area contributed by atoms with Gasteiger partial charge in [0.25, 0.3) is 5.91 Å². The normalized spacial score (nSPS) is 19.3. The Labute approximate surface area is 127 Å². The molecule has 21 heavy (non-hydrogen) atoms. The highest BCUT2D eigenvalue weighted by atomic mass is 16.5. The van der Waals surface area contributed by atoms with Crippen molar-refractivity contribution in [1.29, 1.82) is 0 Å². The first kappa shape index (κ1) is 15.8. The molecule has 4 heteroatoms. The molecule has 2 rings (SSSR count). The highest BCUT2D eigenvalue weighted by Gasteiger charge is 2.34. The maximum absolute atomic E-state index is 12.5.